The second kappa shape index (κ2) is 6.53. The van der Waals surface area contributed by atoms with E-state index < -0.39 is 0 Å². The normalized spacial score (nSPS) is 11.6. The van der Waals surface area contributed by atoms with Crippen LogP contribution in [0.2, 0.25) is 0 Å². The number of hydrogen-bond donors (Lipinski definition) is 0. The van der Waals surface area contributed by atoms with E-state index in [-0.39, 0.29) is 0 Å². The summed E-state index contributed by atoms with van der Waals surface area (Å²) in [7, 11) is 0. The molecule has 0 fully saturated rings. The summed E-state index contributed by atoms with van der Waals surface area (Å²) < 4.78 is 0. The number of allylic oxidation sites excluding steroid dienone is 2. The quantitative estimate of drug-likeness (QED) is 0.326. The molecule has 0 aromatic carbocycles. The molecule has 0 spiro atoms. The Morgan fingerprint density at radius 2 is 2.20 bits per heavy atom. The minimum absolute atomic E-state index is 0.703. The molecule has 0 rings (SSSR count). The summed E-state index contributed by atoms with van der Waals surface area (Å²) in [6.45, 7) is 4.25. The first-order valence-electron chi connectivity index (χ1n) is 3.90. The molecule has 1 nitrogen and oxygen atoms in total. The highest BCUT2D eigenvalue weighted by atomic mass is 16.1. The molecule has 0 N–H and O–H groups in total. The van der Waals surface area contributed by atoms with Gasteiger partial charge >= 0.3 is 0 Å². The predicted molar refractivity (Wildman–Crippen MR) is 44.0 cm³/mol. The van der Waals surface area contributed by atoms with E-state index in [0.29, 0.717) is 6.42 Å². The molecule has 0 aromatic rings. The molecule has 58 valence electrons. The zero-order valence-corrected chi connectivity index (χ0v) is 6.89. The maximum Gasteiger partial charge on any atom is 0.120 e. The molecular formula is C9H16O. The van der Waals surface area contributed by atoms with E-state index in [2.05, 4.69) is 19.9 Å². The van der Waals surface area contributed by atoms with Crippen LogP contribution in [-0.4, -0.2) is 6.29 Å². The number of unbranched alkanes of at least 4 members (excludes halogenated alkanes) is 1. The fraction of sp³-hybridized carbons (Fsp3) is 0.667. The third kappa shape index (κ3) is 5.54. The second-order valence-corrected chi connectivity index (χ2v) is 2.52. The Balaban J connectivity index is 3.29. The van der Waals surface area contributed by atoms with Gasteiger partial charge in [-0.3, -0.25) is 0 Å². The van der Waals surface area contributed by atoms with Crippen LogP contribution in [0.3, 0.4) is 0 Å². The Labute approximate surface area is 63.1 Å². The maximum absolute atomic E-state index is 9.92. The fourth-order valence-electron chi connectivity index (χ4n) is 0.915. The van der Waals surface area contributed by atoms with Crippen LogP contribution in [0.25, 0.3) is 0 Å². The van der Waals surface area contributed by atoms with Gasteiger partial charge in [0.05, 0.1) is 0 Å². The van der Waals surface area contributed by atoms with E-state index in [1.165, 1.54) is 5.57 Å². The van der Waals surface area contributed by atoms with Gasteiger partial charge in [-0.15, -0.1) is 0 Å². The van der Waals surface area contributed by atoms with E-state index in [4.69, 9.17) is 0 Å². The average Bonchev–Trinajstić information content (AvgIpc) is 1.89. The summed E-state index contributed by atoms with van der Waals surface area (Å²) in [6.07, 6.45) is 7.09. The lowest BCUT2D eigenvalue weighted by Crippen LogP contribution is -1.79. The topological polar surface area (TPSA) is 17.1 Å². The number of hydrogen-bond acceptors (Lipinski definition) is 1. The molecule has 0 saturated heterocycles. The largest absolute Gasteiger partial charge is 0.303 e. The van der Waals surface area contributed by atoms with E-state index in [9.17, 15) is 4.79 Å². The van der Waals surface area contributed by atoms with Crippen molar-refractivity contribution in [3.63, 3.8) is 0 Å². The Morgan fingerprint density at radius 1 is 1.50 bits per heavy atom. The molecule has 1 heteroatoms. The molecule has 0 saturated carbocycles. The summed E-state index contributed by atoms with van der Waals surface area (Å²) in [5, 5.41) is 0. The molecule has 0 aromatic heterocycles. The van der Waals surface area contributed by atoms with Crippen molar-refractivity contribution in [3.05, 3.63) is 11.6 Å². The standard InChI is InChI=1S/C9H16O/c1-3-6-9(2)7-4-5-8-10/h6,8H,3-5,7H2,1-2H3. The summed E-state index contributed by atoms with van der Waals surface area (Å²) in [5.41, 5.74) is 1.41. The Hall–Kier alpha value is -0.590. The highest BCUT2D eigenvalue weighted by Gasteiger charge is 1.87. The van der Waals surface area contributed by atoms with Crippen molar-refractivity contribution in [2.24, 2.45) is 0 Å². The Morgan fingerprint density at radius 3 is 2.70 bits per heavy atom. The molecule has 10 heavy (non-hydrogen) atoms. The molecule has 0 atom stereocenters. The zero-order valence-electron chi connectivity index (χ0n) is 6.89. The highest BCUT2D eigenvalue weighted by molar-refractivity contribution is 5.49. The van der Waals surface area contributed by atoms with Gasteiger partial charge in [-0.1, -0.05) is 18.6 Å². The van der Waals surface area contributed by atoms with Crippen molar-refractivity contribution in [2.45, 2.75) is 39.5 Å². The van der Waals surface area contributed by atoms with Gasteiger partial charge in [-0.05, 0) is 26.2 Å². The molecule has 0 aliphatic rings. The van der Waals surface area contributed by atoms with Gasteiger partial charge in [-0.2, -0.15) is 0 Å². The number of carbonyl (C=O) groups is 1. The summed E-state index contributed by atoms with van der Waals surface area (Å²) in [6, 6.07) is 0. The van der Waals surface area contributed by atoms with Crippen LogP contribution in [0.4, 0.5) is 0 Å². The SMILES string of the molecule is CCC=C(C)CCCC=O. The molecule has 0 amide bonds. The van der Waals surface area contributed by atoms with Crippen LogP contribution in [-0.2, 0) is 4.79 Å². The molecule has 0 aliphatic carbocycles. The first-order chi connectivity index (χ1) is 4.81. The Kier molecular flexibility index (Phi) is 6.14. The van der Waals surface area contributed by atoms with Crippen molar-refractivity contribution in [2.75, 3.05) is 0 Å². The van der Waals surface area contributed by atoms with Crippen LogP contribution in [0, 0.1) is 0 Å². The van der Waals surface area contributed by atoms with Gasteiger partial charge in [0.2, 0.25) is 0 Å². The van der Waals surface area contributed by atoms with Crippen molar-refractivity contribution >= 4 is 6.29 Å². The lowest BCUT2D eigenvalue weighted by atomic mass is 10.1. The molecule has 0 bridgehead atoms. The van der Waals surface area contributed by atoms with Crippen molar-refractivity contribution in [1.29, 1.82) is 0 Å². The zero-order chi connectivity index (χ0) is 7.82. The first kappa shape index (κ1) is 9.41. The number of carbonyl (C=O) groups excluding carboxylic acids is 1. The molecular weight excluding hydrogens is 124 g/mol. The maximum atomic E-state index is 9.92. The first-order valence-corrected chi connectivity index (χ1v) is 3.90. The highest BCUT2D eigenvalue weighted by Crippen LogP contribution is 2.05. The van der Waals surface area contributed by atoms with Crippen molar-refractivity contribution < 1.29 is 4.79 Å². The number of aldehydes is 1. The van der Waals surface area contributed by atoms with Gasteiger partial charge in [0, 0.05) is 6.42 Å². The van der Waals surface area contributed by atoms with Gasteiger partial charge in [0.15, 0.2) is 0 Å². The number of rotatable bonds is 5. The lowest BCUT2D eigenvalue weighted by molar-refractivity contribution is -0.107. The molecule has 0 radical (unpaired) electrons. The van der Waals surface area contributed by atoms with Crippen molar-refractivity contribution in [3.8, 4) is 0 Å². The van der Waals surface area contributed by atoms with E-state index in [1.54, 1.807) is 0 Å². The van der Waals surface area contributed by atoms with E-state index >= 15 is 0 Å². The van der Waals surface area contributed by atoms with Gasteiger partial charge in [0.25, 0.3) is 0 Å². The van der Waals surface area contributed by atoms with Crippen LogP contribution in [0.15, 0.2) is 11.6 Å². The van der Waals surface area contributed by atoms with Crippen molar-refractivity contribution in [1.82, 2.24) is 0 Å². The summed E-state index contributed by atoms with van der Waals surface area (Å²) in [5.74, 6) is 0. The minimum atomic E-state index is 0.703. The van der Waals surface area contributed by atoms with Gasteiger partial charge < -0.3 is 4.79 Å². The molecule has 0 aliphatic heterocycles. The van der Waals surface area contributed by atoms with Gasteiger partial charge in [0.1, 0.15) is 6.29 Å². The molecule has 0 heterocycles. The minimum Gasteiger partial charge on any atom is -0.303 e. The molecule has 0 unspecified atom stereocenters. The predicted octanol–water partition coefficient (Wildman–Crippen LogP) is 2.71. The smallest absolute Gasteiger partial charge is 0.120 e. The third-order valence-electron chi connectivity index (χ3n) is 1.45. The lowest BCUT2D eigenvalue weighted by Gasteiger charge is -1.95. The monoisotopic (exact) mass is 140 g/mol. The average molecular weight is 140 g/mol. The fourth-order valence-corrected chi connectivity index (χ4v) is 0.915. The van der Waals surface area contributed by atoms with E-state index in [1.807, 2.05) is 0 Å². The second-order valence-electron chi connectivity index (χ2n) is 2.52. The van der Waals surface area contributed by atoms with Crippen LogP contribution < -0.4 is 0 Å². The van der Waals surface area contributed by atoms with Crippen LogP contribution >= 0.6 is 0 Å². The van der Waals surface area contributed by atoms with Crippen LogP contribution in [0.5, 0.6) is 0 Å². The third-order valence-corrected chi connectivity index (χ3v) is 1.45. The Bertz CT molecular complexity index is 114. The van der Waals surface area contributed by atoms with E-state index in [0.717, 1.165) is 25.5 Å². The summed E-state index contributed by atoms with van der Waals surface area (Å²) in [4.78, 5) is 9.92. The van der Waals surface area contributed by atoms with Gasteiger partial charge in [-0.25, -0.2) is 0 Å². The summed E-state index contributed by atoms with van der Waals surface area (Å²) >= 11 is 0. The van der Waals surface area contributed by atoms with Crippen LogP contribution in [0.1, 0.15) is 39.5 Å².